The van der Waals surface area contributed by atoms with E-state index in [1.165, 1.54) is 44.9 Å². The van der Waals surface area contributed by atoms with E-state index < -0.39 is 0 Å². The van der Waals surface area contributed by atoms with Gasteiger partial charge in [0.2, 0.25) is 0 Å². The summed E-state index contributed by atoms with van der Waals surface area (Å²) in [5.74, 6) is 1.69. The van der Waals surface area contributed by atoms with Gasteiger partial charge in [-0.2, -0.15) is 0 Å². The minimum absolute atomic E-state index is 0.418. The molecule has 0 heterocycles. The van der Waals surface area contributed by atoms with Crippen LogP contribution in [-0.4, -0.2) is 0 Å². The van der Waals surface area contributed by atoms with Crippen LogP contribution in [0.4, 0.5) is 0 Å². The lowest BCUT2D eigenvalue weighted by atomic mass is 9.64. The maximum absolute atomic E-state index is 2.55. The summed E-state index contributed by atoms with van der Waals surface area (Å²) in [6.45, 7) is 19.2. The van der Waals surface area contributed by atoms with Gasteiger partial charge >= 0.3 is 0 Å². The molecule has 0 bridgehead atoms. The molecule has 0 saturated carbocycles. The second-order valence-corrected chi connectivity index (χ2v) is 7.94. The maximum Gasteiger partial charge on any atom is 0.102 e. The van der Waals surface area contributed by atoms with E-state index in [0.717, 1.165) is 11.8 Å². The van der Waals surface area contributed by atoms with Crippen molar-refractivity contribution < 1.29 is 0 Å². The molecule has 0 fully saturated rings. The summed E-state index contributed by atoms with van der Waals surface area (Å²) in [5.41, 5.74) is 0.941. The molecule has 0 nitrogen and oxygen atoms in total. The summed E-state index contributed by atoms with van der Waals surface area (Å²) in [6.07, 6.45) is 11.8. The van der Waals surface area contributed by atoms with E-state index in [9.17, 15) is 0 Å². The van der Waals surface area contributed by atoms with Crippen molar-refractivity contribution in [2.75, 3.05) is 0 Å². The first kappa shape index (κ1) is 19.9. The van der Waals surface area contributed by atoms with Gasteiger partial charge in [-0.1, -0.05) is 60.8 Å². The topological polar surface area (TPSA) is 0 Å². The van der Waals surface area contributed by atoms with Crippen LogP contribution >= 0.6 is 0 Å². The largest absolute Gasteiger partial charge is 0.102 e. The first-order chi connectivity index (χ1) is 9.23. The Morgan fingerprint density at radius 2 is 1.55 bits per heavy atom. The molecule has 0 aromatic carbocycles. The van der Waals surface area contributed by atoms with Gasteiger partial charge < -0.3 is 0 Å². The van der Waals surface area contributed by atoms with Crippen LogP contribution < -0.4 is 0 Å². The molecule has 3 atom stereocenters. The second-order valence-electron chi connectivity index (χ2n) is 7.94. The van der Waals surface area contributed by atoms with Crippen LogP contribution in [-0.2, 0) is 0 Å². The molecule has 0 saturated heterocycles. The SMILES string of the molecule is CCCC(C)C(C)(CCC[CH+]C(C)(C)CC)C(C)CC. The van der Waals surface area contributed by atoms with E-state index in [1.54, 1.807) is 0 Å². The minimum Gasteiger partial charge on any atom is -0.0654 e. The van der Waals surface area contributed by atoms with Gasteiger partial charge in [-0.05, 0) is 50.4 Å². The molecule has 0 aliphatic rings. The summed E-state index contributed by atoms with van der Waals surface area (Å²) in [5, 5.41) is 0. The van der Waals surface area contributed by atoms with Crippen LogP contribution in [0, 0.1) is 29.1 Å². The van der Waals surface area contributed by atoms with Crippen molar-refractivity contribution in [3.8, 4) is 0 Å². The average molecular weight is 282 g/mol. The molecule has 0 radical (unpaired) electrons. The molecule has 0 aromatic rings. The highest BCUT2D eigenvalue weighted by Crippen LogP contribution is 2.44. The van der Waals surface area contributed by atoms with Crippen molar-refractivity contribution >= 4 is 0 Å². The average Bonchev–Trinajstić information content (AvgIpc) is 2.42. The van der Waals surface area contributed by atoms with Crippen molar-refractivity contribution in [2.45, 2.75) is 100 Å². The predicted octanol–water partition coefficient (Wildman–Crippen LogP) is 7.29. The van der Waals surface area contributed by atoms with Gasteiger partial charge in [0.05, 0.1) is 12.8 Å². The fourth-order valence-corrected chi connectivity index (χ4v) is 3.33. The fraction of sp³-hybridized carbons (Fsp3) is 0.950. The van der Waals surface area contributed by atoms with E-state index >= 15 is 0 Å². The molecule has 0 rings (SSSR count). The highest BCUT2D eigenvalue weighted by atomic mass is 14.4. The number of hydrogen-bond acceptors (Lipinski definition) is 0. The predicted molar refractivity (Wildman–Crippen MR) is 93.9 cm³/mol. The fourth-order valence-electron chi connectivity index (χ4n) is 3.33. The molecule has 0 spiro atoms. The van der Waals surface area contributed by atoms with Gasteiger partial charge in [-0.25, -0.2) is 0 Å². The van der Waals surface area contributed by atoms with Gasteiger partial charge in [-0.3, -0.25) is 0 Å². The Balaban J connectivity index is 4.45. The molecule has 120 valence electrons. The lowest BCUT2D eigenvalue weighted by molar-refractivity contribution is 0.0871. The zero-order valence-electron chi connectivity index (χ0n) is 15.7. The van der Waals surface area contributed by atoms with Crippen LogP contribution in [0.25, 0.3) is 0 Å². The Morgan fingerprint density at radius 1 is 0.950 bits per heavy atom. The Bertz CT molecular complexity index is 240. The van der Waals surface area contributed by atoms with Crippen molar-refractivity contribution in [1.82, 2.24) is 0 Å². The summed E-state index contributed by atoms with van der Waals surface area (Å²) >= 11 is 0. The molecule has 0 N–H and O–H groups in total. The Morgan fingerprint density at radius 3 is 2.00 bits per heavy atom. The van der Waals surface area contributed by atoms with Crippen molar-refractivity contribution in [3.63, 3.8) is 0 Å². The number of unbranched alkanes of at least 4 members (excludes halogenated alkanes) is 1. The first-order valence-electron chi connectivity index (χ1n) is 9.07. The molecule has 0 aliphatic heterocycles. The monoisotopic (exact) mass is 281 g/mol. The molecule has 20 heavy (non-hydrogen) atoms. The maximum atomic E-state index is 2.55. The summed E-state index contributed by atoms with van der Waals surface area (Å²) < 4.78 is 0. The summed E-state index contributed by atoms with van der Waals surface area (Å²) in [4.78, 5) is 0. The lowest BCUT2D eigenvalue weighted by Crippen LogP contribution is -2.32. The molecule has 3 unspecified atom stereocenters. The molecule has 0 aromatic heterocycles. The lowest BCUT2D eigenvalue weighted by Gasteiger charge is -2.41. The van der Waals surface area contributed by atoms with Crippen molar-refractivity contribution in [2.24, 2.45) is 22.7 Å². The summed E-state index contributed by atoms with van der Waals surface area (Å²) in [7, 11) is 0. The number of rotatable bonds is 11. The zero-order chi connectivity index (χ0) is 15.8. The normalized spacial score (nSPS) is 18.4. The summed E-state index contributed by atoms with van der Waals surface area (Å²) in [6, 6.07) is 0. The highest BCUT2D eigenvalue weighted by Gasteiger charge is 2.35. The van der Waals surface area contributed by atoms with Gasteiger partial charge in [0.1, 0.15) is 5.41 Å². The minimum atomic E-state index is 0.418. The van der Waals surface area contributed by atoms with Crippen LogP contribution in [0.1, 0.15) is 100 Å². The third-order valence-electron chi connectivity index (χ3n) is 6.11. The van der Waals surface area contributed by atoms with Gasteiger partial charge in [0.25, 0.3) is 0 Å². The first-order valence-corrected chi connectivity index (χ1v) is 9.07. The second kappa shape index (κ2) is 9.00. The number of hydrogen-bond donors (Lipinski definition) is 0. The quantitative estimate of drug-likeness (QED) is 0.275. The van der Waals surface area contributed by atoms with Gasteiger partial charge in [0, 0.05) is 0 Å². The van der Waals surface area contributed by atoms with Crippen molar-refractivity contribution in [3.05, 3.63) is 6.42 Å². The van der Waals surface area contributed by atoms with E-state index in [0.29, 0.717) is 10.8 Å². The highest BCUT2D eigenvalue weighted by molar-refractivity contribution is 4.87. The van der Waals surface area contributed by atoms with E-state index in [2.05, 4.69) is 61.8 Å². The molecular formula is C20H41+. The third kappa shape index (κ3) is 6.10. The smallest absolute Gasteiger partial charge is 0.0654 e. The van der Waals surface area contributed by atoms with E-state index in [4.69, 9.17) is 0 Å². The Labute approximate surface area is 130 Å². The zero-order valence-corrected chi connectivity index (χ0v) is 15.7. The molecule has 0 aliphatic carbocycles. The van der Waals surface area contributed by atoms with E-state index in [-0.39, 0.29) is 0 Å². The third-order valence-corrected chi connectivity index (χ3v) is 6.11. The van der Waals surface area contributed by atoms with Gasteiger partial charge in [-0.15, -0.1) is 0 Å². The van der Waals surface area contributed by atoms with E-state index in [1.807, 2.05) is 0 Å². The standard InChI is InChI=1S/C20H41/c1-9-14-18(5)20(8,17(4)10-2)16-13-12-15-19(6,7)11-3/h15,17-18H,9-14,16H2,1-8H3/q+1. The Kier molecular flexibility index (Phi) is 8.95. The molecular weight excluding hydrogens is 240 g/mol. The van der Waals surface area contributed by atoms with Crippen molar-refractivity contribution in [1.29, 1.82) is 0 Å². The Hall–Kier alpha value is -0.130. The van der Waals surface area contributed by atoms with Crippen LogP contribution in [0.2, 0.25) is 0 Å². The van der Waals surface area contributed by atoms with Crippen LogP contribution in [0.5, 0.6) is 0 Å². The van der Waals surface area contributed by atoms with Crippen LogP contribution in [0.3, 0.4) is 0 Å². The van der Waals surface area contributed by atoms with Gasteiger partial charge in [0.15, 0.2) is 0 Å². The van der Waals surface area contributed by atoms with Crippen LogP contribution in [0.15, 0.2) is 0 Å². The molecule has 0 heteroatoms. The molecule has 0 amide bonds.